The van der Waals surface area contributed by atoms with Crippen molar-refractivity contribution in [1.82, 2.24) is 0 Å². The zero-order valence-corrected chi connectivity index (χ0v) is 17.4. The molecular formula is C21H17BrN2O3S. The maximum atomic E-state index is 13.2. The molecule has 1 N–H and O–H groups in total. The summed E-state index contributed by atoms with van der Waals surface area (Å²) in [5.74, 6) is -0.410. The van der Waals surface area contributed by atoms with Crippen LogP contribution in [0.1, 0.15) is 5.56 Å². The van der Waals surface area contributed by atoms with Gasteiger partial charge in [0, 0.05) is 21.3 Å². The van der Waals surface area contributed by atoms with Gasteiger partial charge in [-0.1, -0.05) is 51.8 Å². The molecule has 1 amide bonds. The van der Waals surface area contributed by atoms with E-state index < -0.39 is 15.9 Å². The fourth-order valence-corrected chi connectivity index (χ4v) is 5.36. The van der Waals surface area contributed by atoms with E-state index in [1.807, 2.05) is 31.2 Å². The standard InChI is InChI=1S/C21H17BrN2O3S/c1-14-9-10-19-18(11-14)17-7-2-3-8-20(17)28(26,27)24(19)13-21(25)23-16-6-4-5-15(22)12-16/h2-12H,13H2,1H3,(H,23,25). The van der Waals surface area contributed by atoms with Gasteiger partial charge in [0.15, 0.2) is 0 Å². The Morgan fingerprint density at radius 2 is 1.79 bits per heavy atom. The summed E-state index contributed by atoms with van der Waals surface area (Å²) in [5.41, 5.74) is 3.59. The zero-order chi connectivity index (χ0) is 19.9. The van der Waals surface area contributed by atoms with Crippen LogP contribution in [0.25, 0.3) is 11.1 Å². The summed E-state index contributed by atoms with van der Waals surface area (Å²) in [4.78, 5) is 12.8. The van der Waals surface area contributed by atoms with Gasteiger partial charge in [0.2, 0.25) is 5.91 Å². The monoisotopic (exact) mass is 456 g/mol. The number of halogens is 1. The Morgan fingerprint density at radius 3 is 2.57 bits per heavy atom. The van der Waals surface area contributed by atoms with Gasteiger partial charge in [0.1, 0.15) is 6.54 Å². The van der Waals surface area contributed by atoms with Crippen LogP contribution in [0.3, 0.4) is 0 Å². The van der Waals surface area contributed by atoms with Gasteiger partial charge in [0.25, 0.3) is 10.0 Å². The van der Waals surface area contributed by atoms with Gasteiger partial charge in [0.05, 0.1) is 10.6 Å². The number of benzene rings is 3. The van der Waals surface area contributed by atoms with Crippen LogP contribution in [0, 0.1) is 6.92 Å². The molecule has 0 aromatic heterocycles. The van der Waals surface area contributed by atoms with Crippen LogP contribution in [0.5, 0.6) is 0 Å². The number of fused-ring (bicyclic) bond motifs is 3. The van der Waals surface area contributed by atoms with Gasteiger partial charge in [-0.25, -0.2) is 8.42 Å². The lowest BCUT2D eigenvalue weighted by Crippen LogP contribution is -2.40. The molecule has 5 nitrogen and oxygen atoms in total. The Hall–Kier alpha value is -2.64. The quantitative estimate of drug-likeness (QED) is 0.627. The number of carbonyl (C=O) groups excluding carboxylic acids is 1. The molecule has 3 aromatic rings. The van der Waals surface area contributed by atoms with Crippen molar-refractivity contribution >= 4 is 43.2 Å². The first kappa shape index (κ1) is 18.7. The Labute approximate surface area is 172 Å². The molecule has 0 bridgehead atoms. The van der Waals surface area contributed by atoms with Crippen molar-refractivity contribution in [1.29, 1.82) is 0 Å². The number of nitrogens with zero attached hydrogens (tertiary/aromatic N) is 1. The Balaban J connectivity index is 1.74. The highest BCUT2D eigenvalue weighted by atomic mass is 79.9. The van der Waals surface area contributed by atoms with Gasteiger partial charge >= 0.3 is 0 Å². The Morgan fingerprint density at radius 1 is 1.00 bits per heavy atom. The van der Waals surface area contributed by atoms with Crippen molar-refractivity contribution in [3.8, 4) is 11.1 Å². The predicted octanol–water partition coefficient (Wildman–Crippen LogP) is 4.57. The molecule has 0 spiro atoms. The van der Waals surface area contributed by atoms with E-state index in [9.17, 15) is 13.2 Å². The smallest absolute Gasteiger partial charge is 0.265 e. The van der Waals surface area contributed by atoms with E-state index in [0.717, 1.165) is 15.6 Å². The summed E-state index contributed by atoms with van der Waals surface area (Å²) in [5, 5.41) is 2.76. The molecular weight excluding hydrogens is 440 g/mol. The molecule has 1 aliphatic rings. The summed E-state index contributed by atoms with van der Waals surface area (Å²) in [6.07, 6.45) is 0. The van der Waals surface area contributed by atoms with E-state index in [2.05, 4.69) is 21.2 Å². The lowest BCUT2D eigenvalue weighted by Gasteiger charge is -2.31. The first-order valence-corrected chi connectivity index (χ1v) is 10.9. The number of hydrogen-bond acceptors (Lipinski definition) is 3. The van der Waals surface area contributed by atoms with Gasteiger partial charge < -0.3 is 5.32 Å². The molecule has 28 heavy (non-hydrogen) atoms. The summed E-state index contributed by atoms with van der Waals surface area (Å²) in [6.45, 7) is 1.65. The molecule has 1 aliphatic heterocycles. The van der Waals surface area contributed by atoms with Crippen molar-refractivity contribution < 1.29 is 13.2 Å². The van der Waals surface area contributed by atoms with Gasteiger partial charge in [-0.15, -0.1) is 0 Å². The van der Waals surface area contributed by atoms with E-state index >= 15 is 0 Å². The van der Waals surface area contributed by atoms with E-state index in [1.54, 1.807) is 42.5 Å². The average molecular weight is 457 g/mol. The first-order valence-electron chi connectivity index (χ1n) is 8.64. The van der Waals surface area contributed by atoms with E-state index in [4.69, 9.17) is 0 Å². The van der Waals surface area contributed by atoms with Crippen molar-refractivity contribution in [3.63, 3.8) is 0 Å². The normalized spacial score (nSPS) is 14.1. The Bertz CT molecular complexity index is 1190. The van der Waals surface area contributed by atoms with Crippen LogP contribution in [0.15, 0.2) is 76.1 Å². The predicted molar refractivity (Wildman–Crippen MR) is 114 cm³/mol. The van der Waals surface area contributed by atoms with Gasteiger partial charge in [-0.2, -0.15) is 0 Å². The second-order valence-electron chi connectivity index (χ2n) is 6.59. The topological polar surface area (TPSA) is 66.5 Å². The second-order valence-corrected chi connectivity index (χ2v) is 9.33. The fraction of sp³-hybridized carbons (Fsp3) is 0.0952. The molecule has 4 rings (SSSR count). The summed E-state index contributed by atoms with van der Waals surface area (Å²) in [7, 11) is -3.84. The van der Waals surface area contributed by atoms with E-state index in [0.29, 0.717) is 16.9 Å². The fourth-order valence-electron chi connectivity index (χ4n) is 3.31. The van der Waals surface area contributed by atoms with Crippen molar-refractivity contribution in [2.45, 2.75) is 11.8 Å². The van der Waals surface area contributed by atoms with Gasteiger partial charge in [-0.05, 0) is 43.3 Å². The summed E-state index contributed by atoms with van der Waals surface area (Å²) < 4.78 is 28.5. The lowest BCUT2D eigenvalue weighted by atomic mass is 10.0. The maximum absolute atomic E-state index is 13.2. The highest BCUT2D eigenvalue weighted by Crippen LogP contribution is 2.43. The number of hydrogen-bond donors (Lipinski definition) is 1. The molecule has 0 saturated carbocycles. The first-order chi connectivity index (χ1) is 13.4. The minimum Gasteiger partial charge on any atom is -0.324 e. The molecule has 0 radical (unpaired) electrons. The highest BCUT2D eigenvalue weighted by Gasteiger charge is 2.35. The van der Waals surface area contributed by atoms with Crippen LogP contribution in [-0.2, 0) is 14.8 Å². The van der Waals surface area contributed by atoms with Crippen molar-refractivity contribution in [2.75, 3.05) is 16.2 Å². The molecule has 142 valence electrons. The van der Waals surface area contributed by atoms with Crippen LogP contribution in [0.2, 0.25) is 0 Å². The van der Waals surface area contributed by atoms with Crippen molar-refractivity contribution in [3.05, 3.63) is 76.8 Å². The van der Waals surface area contributed by atoms with Crippen LogP contribution >= 0.6 is 15.9 Å². The van der Waals surface area contributed by atoms with Crippen LogP contribution in [-0.4, -0.2) is 20.9 Å². The molecule has 0 unspecified atom stereocenters. The molecule has 7 heteroatoms. The summed E-state index contributed by atoms with van der Waals surface area (Å²) >= 11 is 3.36. The molecule has 1 heterocycles. The van der Waals surface area contributed by atoms with Gasteiger partial charge in [-0.3, -0.25) is 9.10 Å². The van der Waals surface area contributed by atoms with Crippen LogP contribution in [0.4, 0.5) is 11.4 Å². The number of aryl methyl sites for hydroxylation is 1. The third-order valence-electron chi connectivity index (χ3n) is 4.56. The number of amides is 1. The number of carbonyl (C=O) groups is 1. The van der Waals surface area contributed by atoms with E-state index in [1.165, 1.54) is 4.31 Å². The molecule has 0 fully saturated rings. The third-order valence-corrected chi connectivity index (χ3v) is 6.87. The zero-order valence-electron chi connectivity index (χ0n) is 15.0. The number of nitrogens with one attached hydrogen (secondary N) is 1. The second kappa shape index (κ2) is 7.07. The third kappa shape index (κ3) is 3.31. The minimum atomic E-state index is -3.84. The molecule has 3 aromatic carbocycles. The molecule has 0 aliphatic carbocycles. The number of sulfonamides is 1. The SMILES string of the molecule is Cc1ccc2c(c1)-c1ccccc1S(=O)(=O)N2CC(=O)Nc1cccc(Br)c1. The Kier molecular flexibility index (Phi) is 4.72. The highest BCUT2D eigenvalue weighted by molar-refractivity contribution is 9.10. The number of anilines is 2. The maximum Gasteiger partial charge on any atom is 0.265 e. The minimum absolute atomic E-state index is 0.211. The molecule has 0 atom stereocenters. The van der Waals surface area contributed by atoms with Crippen LogP contribution < -0.4 is 9.62 Å². The van der Waals surface area contributed by atoms with E-state index in [-0.39, 0.29) is 11.4 Å². The number of rotatable bonds is 3. The lowest BCUT2D eigenvalue weighted by molar-refractivity contribution is -0.114. The van der Waals surface area contributed by atoms with Crippen molar-refractivity contribution in [2.24, 2.45) is 0 Å². The summed E-state index contributed by atoms with van der Waals surface area (Å²) in [6, 6.07) is 19.6. The average Bonchev–Trinajstić information content (AvgIpc) is 2.65. The molecule has 0 saturated heterocycles. The largest absolute Gasteiger partial charge is 0.324 e.